The van der Waals surface area contributed by atoms with Gasteiger partial charge in [-0.3, -0.25) is 0 Å². The molecular weight excluding hydrogens is 341 g/mol. The molecule has 0 saturated carbocycles. The molecule has 0 unspecified atom stereocenters. The highest BCUT2D eigenvalue weighted by atomic mass is 35.5. The van der Waals surface area contributed by atoms with Gasteiger partial charge in [-0.25, -0.2) is 4.99 Å². The van der Waals surface area contributed by atoms with Crippen molar-refractivity contribution in [1.29, 1.82) is 0 Å². The molecule has 2 rings (SSSR count). The first-order chi connectivity index (χ1) is 11.4. The molecule has 0 N–H and O–H groups in total. The van der Waals surface area contributed by atoms with Gasteiger partial charge >= 0.3 is 0 Å². The highest BCUT2D eigenvalue weighted by Gasteiger charge is 2.10. The third-order valence-corrected chi connectivity index (χ3v) is 4.42. The first-order valence-corrected chi connectivity index (χ1v) is 8.66. The van der Waals surface area contributed by atoms with E-state index < -0.39 is 0 Å². The van der Waals surface area contributed by atoms with Crippen LogP contribution in [0.4, 0.5) is 11.4 Å². The van der Waals surface area contributed by atoms with Crippen LogP contribution in [-0.4, -0.2) is 31.9 Å². The first kappa shape index (κ1) is 18.6. The zero-order valence-electron chi connectivity index (χ0n) is 14.6. The van der Waals surface area contributed by atoms with Gasteiger partial charge in [0.2, 0.25) is 0 Å². The van der Waals surface area contributed by atoms with E-state index in [0.29, 0.717) is 5.02 Å². The summed E-state index contributed by atoms with van der Waals surface area (Å²) in [6.07, 6.45) is 1.80. The second-order valence-corrected chi connectivity index (χ2v) is 6.74. The molecule has 3 nitrogen and oxygen atoms in total. The number of hydrogen-bond donors (Lipinski definition) is 0. The van der Waals surface area contributed by atoms with E-state index in [2.05, 4.69) is 29.8 Å². The fourth-order valence-electron chi connectivity index (χ4n) is 2.40. The van der Waals surface area contributed by atoms with Crippen LogP contribution in [0, 0.1) is 6.92 Å². The number of rotatable bonds is 6. The maximum absolute atomic E-state index is 6.42. The Morgan fingerprint density at radius 2 is 1.88 bits per heavy atom. The molecule has 24 heavy (non-hydrogen) atoms. The second kappa shape index (κ2) is 8.41. The summed E-state index contributed by atoms with van der Waals surface area (Å²) in [5.41, 5.74) is 4.17. The van der Waals surface area contributed by atoms with Gasteiger partial charge in [0.15, 0.2) is 0 Å². The quantitative estimate of drug-likeness (QED) is 0.494. The summed E-state index contributed by atoms with van der Waals surface area (Å²) in [7, 11) is 4.03. The van der Waals surface area contributed by atoms with Gasteiger partial charge in [0, 0.05) is 37.9 Å². The number of aryl methyl sites for hydroxylation is 1. The Hall–Kier alpha value is -1.71. The molecule has 0 aromatic heterocycles. The predicted octanol–water partition coefficient (Wildman–Crippen LogP) is 5.55. The van der Waals surface area contributed by atoms with Gasteiger partial charge in [-0.15, -0.1) is 0 Å². The Balaban J connectivity index is 2.21. The fourth-order valence-corrected chi connectivity index (χ4v) is 2.82. The third kappa shape index (κ3) is 4.89. The van der Waals surface area contributed by atoms with Crippen LogP contribution < -0.4 is 4.90 Å². The molecule has 0 atom stereocenters. The van der Waals surface area contributed by atoms with E-state index in [0.717, 1.165) is 40.6 Å². The zero-order chi connectivity index (χ0) is 17.7. The average Bonchev–Trinajstić information content (AvgIpc) is 2.54. The van der Waals surface area contributed by atoms with E-state index in [-0.39, 0.29) is 0 Å². The molecule has 0 aliphatic heterocycles. The van der Waals surface area contributed by atoms with Gasteiger partial charge in [-0.05, 0) is 49.2 Å². The van der Waals surface area contributed by atoms with Crippen molar-refractivity contribution < 1.29 is 0 Å². The van der Waals surface area contributed by atoms with Crippen molar-refractivity contribution in [3.05, 3.63) is 57.6 Å². The summed E-state index contributed by atoms with van der Waals surface area (Å²) >= 11 is 12.5. The largest absolute Gasteiger partial charge is 0.370 e. The molecule has 0 spiro atoms. The van der Waals surface area contributed by atoms with E-state index in [1.54, 1.807) is 6.34 Å². The summed E-state index contributed by atoms with van der Waals surface area (Å²) in [5.74, 6) is 0. The Labute approximate surface area is 154 Å². The number of halogens is 2. The van der Waals surface area contributed by atoms with Crippen molar-refractivity contribution in [2.24, 2.45) is 4.99 Å². The third-order valence-electron chi connectivity index (χ3n) is 3.88. The molecular formula is C19H23Cl2N3. The highest BCUT2D eigenvalue weighted by molar-refractivity contribution is 6.33. The lowest BCUT2D eigenvalue weighted by Gasteiger charge is -2.22. The minimum atomic E-state index is 0.647. The van der Waals surface area contributed by atoms with Crippen molar-refractivity contribution in [2.45, 2.75) is 20.4 Å². The van der Waals surface area contributed by atoms with Crippen LogP contribution >= 0.6 is 23.2 Å². The van der Waals surface area contributed by atoms with Crippen LogP contribution in [0.15, 0.2) is 41.4 Å². The van der Waals surface area contributed by atoms with E-state index in [9.17, 15) is 0 Å². The molecule has 0 amide bonds. The van der Waals surface area contributed by atoms with Crippen LogP contribution in [0.3, 0.4) is 0 Å². The molecule has 0 aliphatic rings. The van der Waals surface area contributed by atoms with Gasteiger partial charge in [0.05, 0.1) is 17.0 Å². The molecule has 0 saturated heterocycles. The summed E-state index contributed by atoms with van der Waals surface area (Å²) in [5, 5.41) is 1.40. The van der Waals surface area contributed by atoms with E-state index in [1.165, 1.54) is 0 Å². The average molecular weight is 364 g/mol. The Morgan fingerprint density at radius 1 is 1.12 bits per heavy atom. The molecule has 128 valence electrons. The van der Waals surface area contributed by atoms with Crippen LogP contribution in [0.2, 0.25) is 10.0 Å². The van der Waals surface area contributed by atoms with E-state index >= 15 is 0 Å². The van der Waals surface area contributed by atoms with Crippen molar-refractivity contribution in [3.8, 4) is 0 Å². The molecule has 2 aromatic carbocycles. The smallest absolute Gasteiger partial charge is 0.0910 e. The van der Waals surface area contributed by atoms with Crippen molar-refractivity contribution in [2.75, 3.05) is 25.5 Å². The van der Waals surface area contributed by atoms with Gasteiger partial charge < -0.3 is 9.80 Å². The van der Waals surface area contributed by atoms with Gasteiger partial charge in [0.1, 0.15) is 0 Å². The minimum absolute atomic E-state index is 0.647. The lowest BCUT2D eigenvalue weighted by atomic mass is 10.1. The Morgan fingerprint density at radius 3 is 2.54 bits per heavy atom. The van der Waals surface area contributed by atoms with Crippen molar-refractivity contribution >= 4 is 40.9 Å². The number of hydrogen-bond acceptors (Lipinski definition) is 2. The second-order valence-electron chi connectivity index (χ2n) is 5.89. The van der Waals surface area contributed by atoms with E-state index in [4.69, 9.17) is 23.2 Å². The SMILES string of the molecule is CCN(C)C=Nc1cc(C)c(N(C)Cc2cccc(Cl)c2)cc1Cl. The molecule has 2 aromatic rings. The van der Waals surface area contributed by atoms with Gasteiger partial charge in [-0.1, -0.05) is 35.3 Å². The highest BCUT2D eigenvalue weighted by Crippen LogP contribution is 2.33. The van der Waals surface area contributed by atoms with Crippen molar-refractivity contribution in [1.82, 2.24) is 4.90 Å². The number of anilines is 1. The molecule has 0 fully saturated rings. The van der Waals surface area contributed by atoms with E-state index in [1.807, 2.05) is 49.3 Å². The summed E-state index contributed by atoms with van der Waals surface area (Å²) in [6, 6.07) is 11.9. The summed E-state index contributed by atoms with van der Waals surface area (Å²) in [4.78, 5) is 8.64. The maximum atomic E-state index is 6.42. The lowest BCUT2D eigenvalue weighted by molar-refractivity contribution is 0.552. The minimum Gasteiger partial charge on any atom is -0.370 e. The monoisotopic (exact) mass is 363 g/mol. The molecule has 0 heterocycles. The van der Waals surface area contributed by atoms with Crippen molar-refractivity contribution in [3.63, 3.8) is 0 Å². The van der Waals surface area contributed by atoms with Crippen LogP contribution in [0.1, 0.15) is 18.1 Å². The Kier molecular flexibility index (Phi) is 6.52. The standard InChI is InChI=1S/C19H23Cl2N3/c1-5-23(3)13-22-18-9-14(2)19(11-17(18)21)24(4)12-15-7-6-8-16(20)10-15/h6-11,13H,5,12H2,1-4H3. The number of aliphatic imine (C=N–C) groups is 1. The van der Waals surface area contributed by atoms with Crippen LogP contribution in [-0.2, 0) is 6.54 Å². The Bertz CT molecular complexity index is 729. The first-order valence-electron chi connectivity index (χ1n) is 7.91. The lowest BCUT2D eigenvalue weighted by Crippen LogP contribution is -2.17. The van der Waals surface area contributed by atoms with Gasteiger partial charge in [-0.2, -0.15) is 0 Å². The van der Waals surface area contributed by atoms with Crippen LogP contribution in [0.25, 0.3) is 0 Å². The molecule has 0 aliphatic carbocycles. The van der Waals surface area contributed by atoms with Gasteiger partial charge in [0.25, 0.3) is 0 Å². The zero-order valence-corrected chi connectivity index (χ0v) is 16.1. The summed E-state index contributed by atoms with van der Waals surface area (Å²) < 4.78 is 0. The topological polar surface area (TPSA) is 18.8 Å². The summed E-state index contributed by atoms with van der Waals surface area (Å²) in [6.45, 7) is 5.81. The molecule has 0 bridgehead atoms. The van der Waals surface area contributed by atoms with Crippen LogP contribution in [0.5, 0.6) is 0 Å². The maximum Gasteiger partial charge on any atom is 0.0910 e. The fraction of sp³-hybridized carbons (Fsp3) is 0.316. The molecule has 5 heteroatoms. The number of nitrogens with zero attached hydrogens (tertiary/aromatic N) is 3. The number of benzene rings is 2. The predicted molar refractivity (Wildman–Crippen MR) is 106 cm³/mol. The molecule has 0 radical (unpaired) electrons. The normalized spacial score (nSPS) is 11.1.